The van der Waals surface area contributed by atoms with Crippen LogP contribution < -0.4 is 5.32 Å². The summed E-state index contributed by atoms with van der Waals surface area (Å²) < 4.78 is 5.29. The third kappa shape index (κ3) is 4.48. The van der Waals surface area contributed by atoms with Gasteiger partial charge in [-0.25, -0.2) is 0 Å². The van der Waals surface area contributed by atoms with Crippen molar-refractivity contribution in [1.82, 2.24) is 10.3 Å². The Morgan fingerprint density at radius 1 is 1.20 bits per heavy atom. The lowest BCUT2D eigenvalue weighted by atomic mass is 9.94. The highest BCUT2D eigenvalue weighted by molar-refractivity contribution is 5.78. The Kier molecular flexibility index (Phi) is 5.19. The van der Waals surface area contributed by atoms with Gasteiger partial charge < -0.3 is 20.1 Å². The minimum atomic E-state index is -0.928. The van der Waals surface area contributed by atoms with Crippen LogP contribution in [-0.4, -0.2) is 40.7 Å². The van der Waals surface area contributed by atoms with Gasteiger partial charge in [-0.2, -0.15) is 0 Å². The first-order chi connectivity index (χ1) is 12.1. The molecule has 132 valence electrons. The van der Waals surface area contributed by atoms with Crippen LogP contribution in [0.3, 0.4) is 0 Å². The first kappa shape index (κ1) is 17.2. The van der Waals surface area contributed by atoms with Crippen LogP contribution >= 0.6 is 0 Å². The van der Waals surface area contributed by atoms with Crippen molar-refractivity contribution < 1.29 is 19.4 Å². The molecule has 1 unspecified atom stereocenters. The van der Waals surface area contributed by atoms with Gasteiger partial charge in [0.2, 0.25) is 5.91 Å². The van der Waals surface area contributed by atoms with Crippen LogP contribution in [0.2, 0.25) is 0 Å². The van der Waals surface area contributed by atoms with Gasteiger partial charge >= 0.3 is 5.97 Å². The molecule has 1 aliphatic rings. The first-order valence-electron chi connectivity index (χ1n) is 8.40. The summed E-state index contributed by atoms with van der Waals surface area (Å²) in [5, 5.41) is 11.9. The maximum Gasteiger partial charge on any atom is 0.305 e. The molecule has 1 aliphatic heterocycles. The fourth-order valence-electron chi connectivity index (χ4n) is 3.16. The third-order valence-corrected chi connectivity index (χ3v) is 4.45. The molecule has 0 saturated carbocycles. The number of hydrogen-bond donors (Lipinski definition) is 3. The van der Waals surface area contributed by atoms with Crippen LogP contribution in [0.4, 0.5) is 0 Å². The van der Waals surface area contributed by atoms with Gasteiger partial charge in [0.25, 0.3) is 0 Å². The second-order valence-electron chi connectivity index (χ2n) is 6.46. The number of ether oxygens (including phenoxy) is 1. The van der Waals surface area contributed by atoms with Crippen LogP contribution in [0.5, 0.6) is 0 Å². The van der Waals surface area contributed by atoms with Gasteiger partial charge in [0.1, 0.15) is 0 Å². The molecule has 6 nitrogen and oxygen atoms in total. The summed E-state index contributed by atoms with van der Waals surface area (Å²) in [5.41, 5.74) is 2.32. The second-order valence-corrected chi connectivity index (χ2v) is 6.46. The smallest absolute Gasteiger partial charge is 0.305 e. The Balaban J connectivity index is 1.55. The molecule has 2 heterocycles. The molecular weight excluding hydrogens is 320 g/mol. The SMILES string of the molecule is O=C(O)CC1(NC(=O)CCc2ccc(-c3ccccc3)[nH]2)CCOC1. The zero-order chi connectivity index (χ0) is 17.7. The summed E-state index contributed by atoms with van der Waals surface area (Å²) in [5.74, 6) is -1.08. The van der Waals surface area contributed by atoms with E-state index in [1.807, 2.05) is 42.5 Å². The van der Waals surface area contributed by atoms with Gasteiger partial charge in [0.05, 0.1) is 18.6 Å². The van der Waals surface area contributed by atoms with Crippen molar-refractivity contribution in [2.24, 2.45) is 0 Å². The highest BCUT2D eigenvalue weighted by Crippen LogP contribution is 2.23. The van der Waals surface area contributed by atoms with Crippen LogP contribution in [0.1, 0.15) is 25.0 Å². The van der Waals surface area contributed by atoms with Gasteiger partial charge in [-0.15, -0.1) is 0 Å². The lowest BCUT2D eigenvalue weighted by Crippen LogP contribution is -2.50. The molecule has 3 rings (SSSR count). The zero-order valence-electron chi connectivity index (χ0n) is 14.0. The molecule has 25 heavy (non-hydrogen) atoms. The molecule has 1 saturated heterocycles. The molecule has 2 aromatic rings. The van der Waals surface area contributed by atoms with E-state index in [-0.39, 0.29) is 18.9 Å². The Bertz CT molecular complexity index is 733. The summed E-state index contributed by atoms with van der Waals surface area (Å²) in [6, 6.07) is 14.0. The average Bonchev–Trinajstić information content (AvgIpc) is 3.23. The number of aliphatic carboxylic acids is 1. The van der Waals surface area contributed by atoms with Crippen molar-refractivity contribution in [2.75, 3.05) is 13.2 Å². The molecule has 1 amide bonds. The number of aryl methyl sites for hydroxylation is 1. The number of carbonyl (C=O) groups excluding carboxylic acids is 1. The number of hydrogen-bond acceptors (Lipinski definition) is 3. The fourth-order valence-corrected chi connectivity index (χ4v) is 3.16. The fraction of sp³-hybridized carbons (Fsp3) is 0.368. The van der Waals surface area contributed by atoms with E-state index in [2.05, 4.69) is 10.3 Å². The predicted molar refractivity (Wildman–Crippen MR) is 93.1 cm³/mol. The predicted octanol–water partition coefficient (Wildman–Crippen LogP) is 2.36. The van der Waals surface area contributed by atoms with E-state index in [4.69, 9.17) is 9.84 Å². The van der Waals surface area contributed by atoms with Gasteiger partial charge in [0, 0.05) is 24.4 Å². The van der Waals surface area contributed by atoms with Crippen LogP contribution in [0.15, 0.2) is 42.5 Å². The molecule has 0 radical (unpaired) electrons. The summed E-state index contributed by atoms with van der Waals surface area (Å²) in [6.45, 7) is 0.732. The highest BCUT2D eigenvalue weighted by Gasteiger charge is 2.38. The number of H-pyrrole nitrogens is 1. The number of rotatable bonds is 7. The molecule has 1 aromatic heterocycles. The molecule has 1 atom stereocenters. The molecule has 1 fully saturated rings. The van der Waals surface area contributed by atoms with Gasteiger partial charge in [-0.05, 0) is 30.5 Å². The number of aromatic nitrogens is 1. The van der Waals surface area contributed by atoms with Crippen molar-refractivity contribution in [1.29, 1.82) is 0 Å². The average molecular weight is 342 g/mol. The topological polar surface area (TPSA) is 91.4 Å². The van der Waals surface area contributed by atoms with Crippen LogP contribution in [-0.2, 0) is 20.7 Å². The van der Waals surface area contributed by atoms with Crippen molar-refractivity contribution in [3.63, 3.8) is 0 Å². The standard InChI is InChI=1S/C19H22N2O4/c22-17(21-19(12-18(23)24)10-11-25-13-19)9-7-15-6-8-16(20-15)14-4-2-1-3-5-14/h1-6,8,20H,7,9-13H2,(H,21,22)(H,23,24). The number of carboxylic acids is 1. The van der Waals surface area contributed by atoms with Crippen LogP contribution in [0.25, 0.3) is 11.3 Å². The van der Waals surface area contributed by atoms with E-state index >= 15 is 0 Å². The zero-order valence-corrected chi connectivity index (χ0v) is 14.0. The highest BCUT2D eigenvalue weighted by atomic mass is 16.5. The molecule has 1 aromatic carbocycles. The molecule has 3 N–H and O–H groups in total. The summed E-state index contributed by atoms with van der Waals surface area (Å²) in [7, 11) is 0. The van der Waals surface area contributed by atoms with E-state index in [0.717, 1.165) is 17.0 Å². The largest absolute Gasteiger partial charge is 0.481 e. The van der Waals surface area contributed by atoms with E-state index in [9.17, 15) is 9.59 Å². The van der Waals surface area contributed by atoms with Crippen molar-refractivity contribution >= 4 is 11.9 Å². The second kappa shape index (κ2) is 7.53. The maximum absolute atomic E-state index is 12.3. The van der Waals surface area contributed by atoms with Crippen molar-refractivity contribution in [3.8, 4) is 11.3 Å². The van der Waals surface area contributed by atoms with Gasteiger partial charge in [-0.3, -0.25) is 9.59 Å². The Morgan fingerprint density at radius 2 is 2.00 bits per heavy atom. The minimum Gasteiger partial charge on any atom is -0.481 e. The normalized spacial score (nSPS) is 19.7. The molecule has 0 spiro atoms. The number of aromatic amines is 1. The molecule has 0 aliphatic carbocycles. The third-order valence-electron chi connectivity index (χ3n) is 4.45. The number of carbonyl (C=O) groups is 2. The van der Waals surface area contributed by atoms with E-state index < -0.39 is 11.5 Å². The summed E-state index contributed by atoms with van der Waals surface area (Å²) in [4.78, 5) is 26.6. The number of benzene rings is 1. The Labute approximate surface area is 146 Å². The van der Waals surface area contributed by atoms with E-state index in [0.29, 0.717) is 25.9 Å². The van der Waals surface area contributed by atoms with Crippen molar-refractivity contribution in [3.05, 3.63) is 48.2 Å². The van der Waals surface area contributed by atoms with E-state index in [1.165, 1.54) is 0 Å². The van der Waals surface area contributed by atoms with Crippen LogP contribution in [0, 0.1) is 0 Å². The van der Waals surface area contributed by atoms with Crippen molar-refractivity contribution in [2.45, 2.75) is 31.2 Å². The lowest BCUT2D eigenvalue weighted by Gasteiger charge is -2.27. The van der Waals surface area contributed by atoms with E-state index in [1.54, 1.807) is 0 Å². The Morgan fingerprint density at radius 3 is 2.68 bits per heavy atom. The molecular formula is C19H22N2O4. The molecule has 6 heteroatoms. The number of nitrogens with one attached hydrogen (secondary N) is 2. The maximum atomic E-state index is 12.3. The molecule has 0 bridgehead atoms. The number of amides is 1. The monoisotopic (exact) mass is 342 g/mol. The summed E-state index contributed by atoms with van der Waals surface area (Å²) in [6.07, 6.45) is 1.30. The number of carboxylic acid groups (broad SMARTS) is 1. The van der Waals surface area contributed by atoms with Gasteiger partial charge in [0.15, 0.2) is 0 Å². The Hall–Kier alpha value is -2.60. The minimum absolute atomic E-state index is 0.112. The van der Waals surface area contributed by atoms with Gasteiger partial charge in [-0.1, -0.05) is 30.3 Å². The lowest BCUT2D eigenvalue weighted by molar-refractivity contribution is -0.139. The summed E-state index contributed by atoms with van der Waals surface area (Å²) >= 11 is 0. The first-order valence-corrected chi connectivity index (χ1v) is 8.40. The quantitative estimate of drug-likeness (QED) is 0.720.